The lowest BCUT2D eigenvalue weighted by Gasteiger charge is -2.37. The number of carbonyl (C=O) groups excluding carboxylic acids is 2. The molecule has 1 fully saturated rings. The van der Waals surface area contributed by atoms with Crippen molar-refractivity contribution in [1.29, 1.82) is 0 Å². The fraction of sp³-hybridized carbons (Fsp3) is 0.545. The number of hydrogen-bond donors (Lipinski definition) is 0. The van der Waals surface area contributed by atoms with Crippen LogP contribution in [0.2, 0.25) is 0 Å². The number of benzene rings is 1. The molecule has 27 heavy (non-hydrogen) atoms. The first-order valence-corrected chi connectivity index (χ1v) is 10.8. The van der Waals surface area contributed by atoms with Crippen molar-refractivity contribution >= 4 is 29.8 Å². The van der Waals surface area contributed by atoms with Crippen molar-refractivity contribution in [2.75, 3.05) is 12.9 Å². The number of aldehydes is 1. The van der Waals surface area contributed by atoms with Crippen LogP contribution in [-0.4, -0.2) is 30.1 Å². The highest BCUT2D eigenvalue weighted by Crippen LogP contribution is 2.47. The first-order valence-electron chi connectivity index (χ1n) is 9.56. The maximum Gasteiger partial charge on any atom is 0.513 e. The van der Waals surface area contributed by atoms with E-state index in [0.717, 1.165) is 60.6 Å². The molecule has 0 bridgehead atoms. The van der Waals surface area contributed by atoms with Crippen LogP contribution in [0.5, 0.6) is 0 Å². The second-order valence-corrected chi connectivity index (χ2v) is 8.37. The second kappa shape index (κ2) is 9.45. The second-order valence-electron chi connectivity index (χ2n) is 7.18. The molecule has 0 N–H and O–H groups in total. The summed E-state index contributed by atoms with van der Waals surface area (Å²) < 4.78 is 10.4. The van der Waals surface area contributed by atoms with Gasteiger partial charge in [-0.1, -0.05) is 37.0 Å². The maximum atomic E-state index is 12.3. The molecule has 1 aromatic rings. The molecule has 148 valence electrons. The molecule has 0 spiro atoms. The average Bonchev–Trinajstić information content (AvgIpc) is 2.63. The number of rotatable bonds is 6. The van der Waals surface area contributed by atoms with Crippen LogP contribution in [0.1, 0.15) is 61.3 Å². The Bertz CT molecular complexity index is 707. The molecular weight excluding hydrogens is 360 g/mol. The van der Waals surface area contributed by atoms with Crippen LogP contribution in [0.4, 0.5) is 4.79 Å². The summed E-state index contributed by atoms with van der Waals surface area (Å²) >= 11 is 1.67. The Balaban J connectivity index is 2.71. The molecule has 4 nitrogen and oxygen atoms in total. The Morgan fingerprint density at radius 1 is 1.15 bits per heavy atom. The van der Waals surface area contributed by atoms with E-state index in [9.17, 15) is 9.59 Å². The molecule has 0 saturated heterocycles. The number of carbonyl (C=O) groups is 2. The standard InChI is InChI=1S/C22H30O4S/c1-6-25-21(24)26-20(22(27-5)10-8-7-9-11-22)18(14-23)19-16(3)12-15(2)13-17(19)4/h12-14H,6-11H2,1-5H3/b20-18-. The normalized spacial score (nSPS) is 17.1. The van der Waals surface area contributed by atoms with Crippen molar-refractivity contribution < 1.29 is 19.1 Å². The van der Waals surface area contributed by atoms with Gasteiger partial charge in [0.2, 0.25) is 0 Å². The Hall–Kier alpha value is -1.75. The number of hydrogen-bond acceptors (Lipinski definition) is 5. The Morgan fingerprint density at radius 3 is 2.22 bits per heavy atom. The van der Waals surface area contributed by atoms with E-state index in [0.29, 0.717) is 11.3 Å². The van der Waals surface area contributed by atoms with Gasteiger partial charge in [-0.3, -0.25) is 4.79 Å². The van der Waals surface area contributed by atoms with E-state index < -0.39 is 6.16 Å². The number of allylic oxidation sites excluding steroid dienone is 1. The maximum absolute atomic E-state index is 12.3. The van der Waals surface area contributed by atoms with E-state index >= 15 is 0 Å². The molecule has 1 aliphatic rings. The van der Waals surface area contributed by atoms with Crippen molar-refractivity contribution in [2.24, 2.45) is 0 Å². The first kappa shape index (κ1) is 21.5. The molecule has 0 unspecified atom stereocenters. The van der Waals surface area contributed by atoms with Crippen molar-refractivity contribution in [3.63, 3.8) is 0 Å². The van der Waals surface area contributed by atoms with Gasteiger partial charge in [0.05, 0.1) is 16.9 Å². The topological polar surface area (TPSA) is 52.6 Å². The van der Waals surface area contributed by atoms with Crippen LogP contribution in [-0.2, 0) is 14.3 Å². The third-order valence-electron chi connectivity index (χ3n) is 5.22. The third kappa shape index (κ3) is 4.75. The van der Waals surface area contributed by atoms with Crippen LogP contribution in [0.15, 0.2) is 17.9 Å². The molecular formula is C22H30O4S. The monoisotopic (exact) mass is 390 g/mol. The summed E-state index contributed by atoms with van der Waals surface area (Å²) in [5, 5.41) is 0. The largest absolute Gasteiger partial charge is 0.513 e. The van der Waals surface area contributed by atoms with Crippen molar-refractivity contribution in [3.05, 3.63) is 40.1 Å². The van der Waals surface area contributed by atoms with Crippen LogP contribution in [0.3, 0.4) is 0 Å². The van der Waals surface area contributed by atoms with Crippen molar-refractivity contribution in [3.8, 4) is 0 Å². The minimum absolute atomic E-state index is 0.234. The van der Waals surface area contributed by atoms with E-state index in [1.54, 1.807) is 18.7 Å². The molecule has 2 rings (SSSR count). The molecule has 1 saturated carbocycles. The van der Waals surface area contributed by atoms with Crippen molar-refractivity contribution in [2.45, 2.75) is 64.5 Å². The lowest BCUT2D eigenvalue weighted by molar-refractivity contribution is -0.103. The van der Waals surface area contributed by atoms with E-state index in [1.807, 2.05) is 27.0 Å². The van der Waals surface area contributed by atoms with Gasteiger partial charge in [-0.2, -0.15) is 11.8 Å². The van der Waals surface area contributed by atoms with E-state index in [1.165, 1.54) is 0 Å². The molecule has 0 heterocycles. The summed E-state index contributed by atoms with van der Waals surface area (Å²) in [6.07, 6.45) is 7.14. The molecule has 0 aliphatic heterocycles. The van der Waals surface area contributed by atoms with Gasteiger partial charge >= 0.3 is 6.16 Å². The smallest absolute Gasteiger partial charge is 0.434 e. The first-order chi connectivity index (χ1) is 12.9. The van der Waals surface area contributed by atoms with E-state index in [-0.39, 0.29) is 11.4 Å². The minimum Gasteiger partial charge on any atom is -0.434 e. The van der Waals surface area contributed by atoms with E-state index in [4.69, 9.17) is 9.47 Å². The van der Waals surface area contributed by atoms with Crippen molar-refractivity contribution in [1.82, 2.24) is 0 Å². The van der Waals surface area contributed by atoms with Gasteiger partial charge in [0.25, 0.3) is 0 Å². The molecule has 5 heteroatoms. The molecule has 1 aliphatic carbocycles. The molecule has 0 amide bonds. The predicted octanol–water partition coefficient (Wildman–Crippen LogP) is 5.76. The molecule has 0 aromatic heterocycles. The number of aryl methyl sites for hydroxylation is 3. The van der Waals surface area contributed by atoms with Crippen LogP contribution < -0.4 is 0 Å². The Morgan fingerprint density at radius 2 is 1.74 bits per heavy atom. The lowest BCUT2D eigenvalue weighted by atomic mass is 9.83. The SMILES string of the molecule is CCOC(=O)O/C(=C(/C=O)c1c(C)cc(C)cc1C)C1(SC)CCCCC1. The highest BCUT2D eigenvalue weighted by atomic mass is 32.2. The number of ether oxygens (including phenoxy) is 2. The van der Waals surface area contributed by atoms with Gasteiger partial charge in [-0.25, -0.2) is 4.79 Å². The van der Waals surface area contributed by atoms with Gasteiger partial charge < -0.3 is 9.47 Å². The highest BCUT2D eigenvalue weighted by Gasteiger charge is 2.41. The summed E-state index contributed by atoms with van der Waals surface area (Å²) in [6, 6.07) is 4.11. The summed E-state index contributed by atoms with van der Waals surface area (Å²) in [6.45, 7) is 8.00. The average molecular weight is 391 g/mol. The highest BCUT2D eigenvalue weighted by molar-refractivity contribution is 8.00. The summed E-state index contributed by atoms with van der Waals surface area (Å²) in [5.41, 5.74) is 4.48. The predicted molar refractivity (Wildman–Crippen MR) is 111 cm³/mol. The van der Waals surface area contributed by atoms with Gasteiger partial charge in [-0.05, 0) is 63.5 Å². The summed E-state index contributed by atoms with van der Waals surface area (Å²) in [7, 11) is 0. The van der Waals surface area contributed by atoms with Gasteiger partial charge in [0.1, 0.15) is 5.76 Å². The Labute approximate surface area is 166 Å². The fourth-order valence-electron chi connectivity index (χ4n) is 4.10. The van der Waals surface area contributed by atoms with Gasteiger partial charge in [0.15, 0.2) is 6.29 Å². The van der Waals surface area contributed by atoms with E-state index in [2.05, 4.69) is 12.1 Å². The lowest BCUT2D eigenvalue weighted by Crippen LogP contribution is -2.34. The van der Waals surface area contributed by atoms with Crippen LogP contribution >= 0.6 is 11.8 Å². The quantitative estimate of drug-likeness (QED) is 0.267. The minimum atomic E-state index is -0.742. The van der Waals surface area contributed by atoms with Crippen LogP contribution in [0.25, 0.3) is 5.57 Å². The van der Waals surface area contributed by atoms with Gasteiger partial charge in [0, 0.05) is 0 Å². The molecule has 1 aromatic carbocycles. The Kier molecular flexibility index (Phi) is 7.54. The molecule has 0 atom stereocenters. The zero-order valence-electron chi connectivity index (χ0n) is 17.0. The fourth-order valence-corrected chi connectivity index (χ4v) is 5.14. The number of thioether (sulfide) groups is 1. The third-order valence-corrected chi connectivity index (χ3v) is 6.60. The van der Waals surface area contributed by atoms with Gasteiger partial charge in [-0.15, -0.1) is 0 Å². The summed E-state index contributed by atoms with van der Waals surface area (Å²) in [5.74, 6) is 0.457. The summed E-state index contributed by atoms with van der Waals surface area (Å²) in [4.78, 5) is 24.5. The molecule has 0 radical (unpaired) electrons. The zero-order chi connectivity index (χ0) is 20.0. The van der Waals surface area contributed by atoms with Crippen LogP contribution in [0, 0.1) is 20.8 Å². The zero-order valence-corrected chi connectivity index (χ0v) is 17.8.